The number of amides is 1. The Labute approximate surface area is 115 Å². The largest absolute Gasteiger partial charge is 0.380 e. The van der Waals surface area contributed by atoms with Crippen LogP contribution >= 0.6 is 0 Å². The summed E-state index contributed by atoms with van der Waals surface area (Å²) >= 11 is 0. The molecule has 20 heavy (non-hydrogen) atoms. The van der Waals surface area contributed by atoms with Gasteiger partial charge in [0, 0.05) is 17.7 Å². The average Bonchev–Trinajstić information content (AvgIpc) is 2.46. The molecule has 100 valence electrons. The van der Waals surface area contributed by atoms with Gasteiger partial charge in [-0.2, -0.15) is 5.26 Å². The Morgan fingerprint density at radius 2 is 2.05 bits per heavy atom. The van der Waals surface area contributed by atoms with E-state index in [-0.39, 0.29) is 12.1 Å². The number of carbonyl (C=O) groups is 1. The van der Waals surface area contributed by atoms with Crippen molar-refractivity contribution in [2.75, 3.05) is 5.32 Å². The molecule has 0 heterocycles. The first-order valence-corrected chi connectivity index (χ1v) is 5.93. The monoisotopic (exact) mass is 269 g/mol. The average molecular weight is 269 g/mol. The predicted molar refractivity (Wildman–Crippen MR) is 73.4 cm³/mol. The molecule has 0 aliphatic rings. The second kappa shape index (κ2) is 5.85. The van der Waals surface area contributed by atoms with Gasteiger partial charge in [0.15, 0.2) is 0 Å². The molecule has 0 aliphatic carbocycles. The normalized spacial score (nSPS) is 9.80. The third kappa shape index (κ3) is 2.93. The highest BCUT2D eigenvalue weighted by molar-refractivity contribution is 5.92. The summed E-state index contributed by atoms with van der Waals surface area (Å²) in [6, 6.07) is 12.9. The summed E-state index contributed by atoms with van der Waals surface area (Å²) in [7, 11) is 0. The van der Waals surface area contributed by atoms with Gasteiger partial charge in [-0.1, -0.05) is 12.1 Å². The van der Waals surface area contributed by atoms with Gasteiger partial charge < -0.3 is 11.1 Å². The fourth-order valence-corrected chi connectivity index (χ4v) is 1.79. The Kier molecular flexibility index (Phi) is 3.96. The van der Waals surface area contributed by atoms with E-state index in [0.29, 0.717) is 16.8 Å². The van der Waals surface area contributed by atoms with Crippen LogP contribution in [0.2, 0.25) is 0 Å². The lowest BCUT2D eigenvalue weighted by molar-refractivity contribution is 0.1000. The molecule has 0 atom stereocenters. The number of para-hydroxylation sites is 1. The minimum absolute atomic E-state index is 0.158. The smallest absolute Gasteiger partial charge is 0.248 e. The van der Waals surface area contributed by atoms with Crippen molar-refractivity contribution in [2.45, 2.75) is 6.54 Å². The van der Waals surface area contributed by atoms with Crippen molar-refractivity contribution in [1.29, 1.82) is 5.26 Å². The summed E-state index contributed by atoms with van der Waals surface area (Å²) in [5, 5.41) is 11.9. The number of primary amides is 1. The lowest BCUT2D eigenvalue weighted by Crippen LogP contribution is -2.12. The summed E-state index contributed by atoms with van der Waals surface area (Å²) in [4.78, 5) is 11.1. The molecule has 3 N–H and O–H groups in total. The Morgan fingerprint density at radius 1 is 1.30 bits per heavy atom. The molecule has 0 saturated heterocycles. The molecule has 2 aromatic carbocycles. The molecule has 0 aliphatic heterocycles. The van der Waals surface area contributed by atoms with E-state index < -0.39 is 11.7 Å². The van der Waals surface area contributed by atoms with Crippen molar-refractivity contribution in [1.82, 2.24) is 0 Å². The summed E-state index contributed by atoms with van der Waals surface area (Å²) in [5.74, 6) is -1.04. The van der Waals surface area contributed by atoms with Crippen molar-refractivity contribution in [3.05, 3.63) is 65.0 Å². The van der Waals surface area contributed by atoms with Crippen LogP contribution in [0.5, 0.6) is 0 Å². The summed E-state index contributed by atoms with van der Waals surface area (Å²) in [6.07, 6.45) is 0. The minimum Gasteiger partial charge on any atom is -0.380 e. The van der Waals surface area contributed by atoms with Crippen molar-refractivity contribution < 1.29 is 9.18 Å². The Balaban J connectivity index is 2.21. The van der Waals surface area contributed by atoms with Gasteiger partial charge in [0.25, 0.3) is 0 Å². The number of nitrogens with two attached hydrogens (primary N) is 1. The van der Waals surface area contributed by atoms with E-state index in [2.05, 4.69) is 5.32 Å². The van der Waals surface area contributed by atoms with Gasteiger partial charge in [0.05, 0.1) is 11.3 Å². The first-order chi connectivity index (χ1) is 9.61. The molecule has 5 heteroatoms. The van der Waals surface area contributed by atoms with E-state index >= 15 is 0 Å². The fourth-order valence-electron chi connectivity index (χ4n) is 1.79. The van der Waals surface area contributed by atoms with Crippen LogP contribution in [0.15, 0.2) is 42.5 Å². The van der Waals surface area contributed by atoms with Gasteiger partial charge in [-0.05, 0) is 30.3 Å². The number of benzene rings is 2. The van der Waals surface area contributed by atoms with Crippen LogP contribution in [0.25, 0.3) is 0 Å². The maximum atomic E-state index is 13.7. The van der Waals surface area contributed by atoms with Crippen LogP contribution in [0.3, 0.4) is 0 Å². The lowest BCUT2D eigenvalue weighted by Gasteiger charge is -2.09. The van der Waals surface area contributed by atoms with Gasteiger partial charge in [0.1, 0.15) is 11.9 Å². The highest BCUT2D eigenvalue weighted by atomic mass is 19.1. The molecule has 0 saturated carbocycles. The lowest BCUT2D eigenvalue weighted by atomic mass is 10.1. The number of rotatable bonds is 4. The molecule has 2 aromatic rings. The zero-order valence-corrected chi connectivity index (χ0v) is 10.6. The molecule has 4 nitrogen and oxygen atoms in total. The van der Waals surface area contributed by atoms with Crippen molar-refractivity contribution in [2.24, 2.45) is 5.73 Å². The third-order valence-electron chi connectivity index (χ3n) is 2.85. The van der Waals surface area contributed by atoms with Gasteiger partial charge in [-0.15, -0.1) is 0 Å². The Bertz CT molecular complexity index is 692. The number of carbonyl (C=O) groups excluding carboxylic acids is 1. The van der Waals surface area contributed by atoms with E-state index in [4.69, 9.17) is 11.0 Å². The van der Waals surface area contributed by atoms with E-state index in [0.717, 1.165) is 0 Å². The van der Waals surface area contributed by atoms with E-state index in [1.165, 1.54) is 18.2 Å². The first-order valence-electron chi connectivity index (χ1n) is 5.93. The molecule has 0 spiro atoms. The molecule has 0 unspecified atom stereocenters. The quantitative estimate of drug-likeness (QED) is 0.894. The number of nitrogens with one attached hydrogen (secondary N) is 1. The molecular weight excluding hydrogens is 257 g/mol. The van der Waals surface area contributed by atoms with Crippen LogP contribution in [-0.4, -0.2) is 5.91 Å². The number of anilines is 1. The molecular formula is C15H12FN3O. The number of hydrogen-bond donors (Lipinski definition) is 2. The Morgan fingerprint density at radius 3 is 2.75 bits per heavy atom. The third-order valence-corrected chi connectivity index (χ3v) is 2.85. The summed E-state index contributed by atoms with van der Waals surface area (Å²) < 4.78 is 13.7. The molecule has 0 fully saturated rings. The fraction of sp³-hybridized carbons (Fsp3) is 0.0667. The zero-order valence-electron chi connectivity index (χ0n) is 10.6. The topological polar surface area (TPSA) is 78.9 Å². The molecule has 0 aromatic heterocycles. The van der Waals surface area contributed by atoms with E-state index in [1.54, 1.807) is 24.3 Å². The van der Waals surface area contributed by atoms with Crippen molar-refractivity contribution in [3.63, 3.8) is 0 Å². The number of nitriles is 1. The number of hydrogen-bond acceptors (Lipinski definition) is 3. The minimum atomic E-state index is -0.608. The van der Waals surface area contributed by atoms with Crippen molar-refractivity contribution in [3.8, 4) is 6.07 Å². The second-order valence-electron chi connectivity index (χ2n) is 4.18. The summed E-state index contributed by atoms with van der Waals surface area (Å²) in [6.45, 7) is 0.158. The van der Waals surface area contributed by atoms with Crippen LogP contribution in [0.4, 0.5) is 10.1 Å². The molecule has 0 bridgehead atoms. The van der Waals surface area contributed by atoms with Gasteiger partial charge in [-0.25, -0.2) is 4.39 Å². The highest BCUT2D eigenvalue weighted by Crippen LogP contribution is 2.17. The summed E-state index contributed by atoms with van der Waals surface area (Å²) in [5.41, 5.74) is 6.80. The van der Waals surface area contributed by atoms with Crippen LogP contribution < -0.4 is 11.1 Å². The van der Waals surface area contributed by atoms with Crippen molar-refractivity contribution >= 4 is 11.6 Å². The van der Waals surface area contributed by atoms with Crippen LogP contribution in [-0.2, 0) is 6.54 Å². The highest BCUT2D eigenvalue weighted by Gasteiger charge is 2.08. The predicted octanol–water partition coefficient (Wildman–Crippen LogP) is 2.41. The molecule has 0 radical (unpaired) electrons. The van der Waals surface area contributed by atoms with E-state index in [1.807, 2.05) is 6.07 Å². The van der Waals surface area contributed by atoms with Gasteiger partial charge >= 0.3 is 0 Å². The number of halogens is 1. The molecule has 2 rings (SSSR count). The molecule has 1 amide bonds. The number of nitrogens with zero attached hydrogens (tertiary/aromatic N) is 1. The zero-order chi connectivity index (χ0) is 14.5. The standard InChI is InChI=1S/C15H12FN3O/c16-13-6-5-10(15(18)20)7-12(13)9-19-14-4-2-1-3-11(14)8-17/h1-7,19H,9H2,(H2,18,20). The maximum absolute atomic E-state index is 13.7. The second-order valence-corrected chi connectivity index (χ2v) is 4.18. The van der Waals surface area contributed by atoms with Crippen LogP contribution in [0.1, 0.15) is 21.5 Å². The van der Waals surface area contributed by atoms with Gasteiger partial charge in [-0.3, -0.25) is 4.79 Å². The van der Waals surface area contributed by atoms with E-state index in [9.17, 15) is 9.18 Å². The van der Waals surface area contributed by atoms with Crippen LogP contribution in [0, 0.1) is 17.1 Å². The first kappa shape index (κ1) is 13.6. The Hall–Kier alpha value is -2.87. The maximum Gasteiger partial charge on any atom is 0.248 e. The SMILES string of the molecule is N#Cc1ccccc1NCc1cc(C(N)=O)ccc1F. The van der Waals surface area contributed by atoms with Gasteiger partial charge in [0.2, 0.25) is 5.91 Å².